The number of aromatic amines is 1. The third-order valence-electron chi connectivity index (χ3n) is 3.69. The average molecular weight is 328 g/mol. The summed E-state index contributed by atoms with van der Waals surface area (Å²) in [4.78, 5) is 15.4. The molecule has 3 rings (SSSR count). The molecule has 0 saturated heterocycles. The third kappa shape index (κ3) is 3.79. The number of carbonyl (C=O) groups is 1. The number of nitrogens with one attached hydrogen (secondary N) is 2. The van der Waals surface area contributed by atoms with E-state index in [-0.39, 0.29) is 5.91 Å². The van der Waals surface area contributed by atoms with Crippen LogP contribution in [-0.4, -0.2) is 23.2 Å². The van der Waals surface area contributed by atoms with E-state index >= 15 is 0 Å². The van der Waals surface area contributed by atoms with Crippen LogP contribution in [0.2, 0.25) is 0 Å². The van der Waals surface area contributed by atoms with E-state index in [4.69, 9.17) is 4.42 Å². The predicted octanol–water partition coefficient (Wildman–Crippen LogP) is 4.04. The molecule has 0 spiro atoms. The minimum Gasteiger partial charge on any atom is -0.468 e. The number of thioether (sulfide) groups is 1. The fraction of sp³-hybridized carbons (Fsp3) is 0.278. The van der Waals surface area contributed by atoms with E-state index in [9.17, 15) is 4.79 Å². The molecule has 120 valence electrons. The minimum atomic E-state index is -0.0585. The van der Waals surface area contributed by atoms with Crippen LogP contribution in [-0.2, 0) is 5.75 Å². The van der Waals surface area contributed by atoms with Crippen molar-refractivity contribution >= 4 is 28.6 Å². The van der Waals surface area contributed by atoms with E-state index in [1.807, 2.05) is 18.2 Å². The second-order valence-electron chi connectivity index (χ2n) is 5.61. The molecule has 0 aliphatic rings. The molecule has 0 radical (unpaired) electrons. The quantitative estimate of drug-likeness (QED) is 0.671. The van der Waals surface area contributed by atoms with Gasteiger partial charge in [-0.15, -0.1) is 0 Å². The van der Waals surface area contributed by atoms with Gasteiger partial charge < -0.3 is 14.7 Å². The van der Waals surface area contributed by atoms with Gasteiger partial charge in [0.25, 0.3) is 5.91 Å². The van der Waals surface area contributed by atoms with Gasteiger partial charge in [0, 0.05) is 23.2 Å². The molecule has 2 N–H and O–H groups in total. The maximum Gasteiger partial charge on any atom is 0.267 e. The van der Waals surface area contributed by atoms with E-state index in [1.165, 1.54) is 11.1 Å². The molecule has 23 heavy (non-hydrogen) atoms. The summed E-state index contributed by atoms with van der Waals surface area (Å²) in [6, 6.07) is 9.97. The lowest BCUT2D eigenvalue weighted by Crippen LogP contribution is -2.26. The van der Waals surface area contributed by atoms with Gasteiger partial charge in [-0.2, -0.15) is 11.8 Å². The Labute approximate surface area is 139 Å². The van der Waals surface area contributed by atoms with Gasteiger partial charge in [-0.05, 0) is 49.2 Å². The van der Waals surface area contributed by atoms with Crippen molar-refractivity contribution in [1.82, 2.24) is 10.3 Å². The van der Waals surface area contributed by atoms with E-state index in [0.717, 1.165) is 28.2 Å². The van der Waals surface area contributed by atoms with Crippen LogP contribution in [0.3, 0.4) is 0 Å². The number of hydrogen-bond acceptors (Lipinski definition) is 3. The van der Waals surface area contributed by atoms with Crippen molar-refractivity contribution in [2.75, 3.05) is 12.3 Å². The zero-order valence-corrected chi connectivity index (χ0v) is 14.1. The molecule has 2 aromatic heterocycles. The molecule has 2 heterocycles. The summed E-state index contributed by atoms with van der Waals surface area (Å²) in [5.74, 6) is 2.58. The topological polar surface area (TPSA) is 58.0 Å². The Bertz CT molecular complexity index is 806. The van der Waals surface area contributed by atoms with Crippen LogP contribution in [0.15, 0.2) is 41.0 Å². The Morgan fingerprint density at radius 1 is 1.30 bits per heavy atom. The predicted molar refractivity (Wildman–Crippen MR) is 95.0 cm³/mol. The van der Waals surface area contributed by atoms with Crippen LogP contribution >= 0.6 is 11.8 Å². The first-order chi connectivity index (χ1) is 11.1. The van der Waals surface area contributed by atoms with Gasteiger partial charge >= 0.3 is 0 Å². The molecule has 0 fully saturated rings. The van der Waals surface area contributed by atoms with E-state index < -0.39 is 0 Å². The highest BCUT2D eigenvalue weighted by molar-refractivity contribution is 7.98. The molecule has 1 amide bonds. The molecule has 1 aromatic carbocycles. The monoisotopic (exact) mass is 328 g/mol. The molecule has 0 unspecified atom stereocenters. The summed E-state index contributed by atoms with van der Waals surface area (Å²) in [5, 5.41) is 4.06. The van der Waals surface area contributed by atoms with Crippen molar-refractivity contribution in [3.05, 3.63) is 59.2 Å². The number of furan rings is 1. The molecule has 4 nitrogen and oxygen atoms in total. The number of aromatic nitrogens is 1. The highest BCUT2D eigenvalue weighted by Gasteiger charge is 2.10. The molecular weight excluding hydrogens is 308 g/mol. The number of rotatable bonds is 6. The van der Waals surface area contributed by atoms with Crippen LogP contribution in [0.1, 0.15) is 27.4 Å². The first-order valence-corrected chi connectivity index (χ1v) is 8.77. The second-order valence-corrected chi connectivity index (χ2v) is 6.72. The Morgan fingerprint density at radius 3 is 2.96 bits per heavy atom. The summed E-state index contributed by atoms with van der Waals surface area (Å²) in [7, 11) is 0. The SMILES string of the molecule is Cc1cc(C)c2cc(C(=O)NCCSCc3ccco3)[nH]c2c1. The molecule has 0 aliphatic heterocycles. The maximum atomic E-state index is 12.2. The average Bonchev–Trinajstić information content (AvgIpc) is 3.15. The number of aryl methyl sites for hydroxylation is 2. The van der Waals surface area contributed by atoms with Gasteiger partial charge in [-0.1, -0.05) is 6.07 Å². The lowest BCUT2D eigenvalue weighted by Gasteiger charge is -2.03. The number of H-pyrrole nitrogens is 1. The summed E-state index contributed by atoms with van der Waals surface area (Å²) in [6.07, 6.45) is 1.68. The number of carbonyl (C=O) groups excluding carboxylic acids is 1. The molecule has 0 aliphatic carbocycles. The van der Waals surface area contributed by atoms with Crippen molar-refractivity contribution < 1.29 is 9.21 Å². The lowest BCUT2D eigenvalue weighted by atomic mass is 10.1. The van der Waals surface area contributed by atoms with Gasteiger partial charge in [-0.3, -0.25) is 4.79 Å². The van der Waals surface area contributed by atoms with Crippen molar-refractivity contribution in [2.24, 2.45) is 0 Å². The standard InChI is InChI=1S/C18H20N2O2S/c1-12-8-13(2)15-10-17(20-16(15)9-12)18(21)19-5-7-23-11-14-4-3-6-22-14/h3-4,6,8-10,20H,5,7,11H2,1-2H3,(H,19,21). The first kappa shape index (κ1) is 15.7. The second kappa shape index (κ2) is 6.96. The lowest BCUT2D eigenvalue weighted by molar-refractivity contribution is 0.0952. The number of amides is 1. The van der Waals surface area contributed by atoms with E-state index in [2.05, 4.69) is 36.3 Å². The summed E-state index contributed by atoms with van der Waals surface area (Å²) >= 11 is 1.74. The van der Waals surface area contributed by atoms with Crippen LogP contribution in [0, 0.1) is 13.8 Å². The first-order valence-electron chi connectivity index (χ1n) is 7.62. The van der Waals surface area contributed by atoms with E-state index in [1.54, 1.807) is 18.0 Å². The number of fused-ring (bicyclic) bond motifs is 1. The number of hydrogen-bond donors (Lipinski definition) is 2. The van der Waals surface area contributed by atoms with E-state index in [0.29, 0.717) is 12.2 Å². The Hall–Kier alpha value is -2.14. The smallest absolute Gasteiger partial charge is 0.267 e. The summed E-state index contributed by atoms with van der Waals surface area (Å²) in [5.41, 5.74) is 4.01. The highest BCUT2D eigenvalue weighted by Crippen LogP contribution is 2.21. The van der Waals surface area contributed by atoms with Gasteiger partial charge in [0.05, 0.1) is 12.0 Å². The summed E-state index contributed by atoms with van der Waals surface area (Å²) < 4.78 is 5.27. The van der Waals surface area contributed by atoms with Crippen molar-refractivity contribution in [2.45, 2.75) is 19.6 Å². The fourth-order valence-corrected chi connectivity index (χ4v) is 3.38. The molecular formula is C18H20N2O2S. The highest BCUT2D eigenvalue weighted by atomic mass is 32.2. The molecule has 3 aromatic rings. The Balaban J connectivity index is 1.53. The molecule has 0 bridgehead atoms. The number of benzene rings is 1. The van der Waals surface area contributed by atoms with Crippen LogP contribution in [0.4, 0.5) is 0 Å². The normalized spacial score (nSPS) is 11.0. The maximum absolute atomic E-state index is 12.2. The molecule has 0 atom stereocenters. The van der Waals surface area contributed by atoms with Crippen LogP contribution < -0.4 is 5.32 Å². The molecule has 5 heteroatoms. The van der Waals surface area contributed by atoms with Gasteiger partial charge in [0.2, 0.25) is 0 Å². The Morgan fingerprint density at radius 2 is 2.17 bits per heavy atom. The van der Waals surface area contributed by atoms with Crippen molar-refractivity contribution in [1.29, 1.82) is 0 Å². The Kier molecular flexibility index (Phi) is 4.76. The van der Waals surface area contributed by atoms with Gasteiger partial charge in [0.1, 0.15) is 11.5 Å². The van der Waals surface area contributed by atoms with Crippen molar-refractivity contribution in [3.8, 4) is 0 Å². The minimum absolute atomic E-state index is 0.0585. The zero-order chi connectivity index (χ0) is 16.2. The van der Waals surface area contributed by atoms with Crippen LogP contribution in [0.5, 0.6) is 0 Å². The third-order valence-corrected chi connectivity index (χ3v) is 4.67. The van der Waals surface area contributed by atoms with Crippen LogP contribution in [0.25, 0.3) is 10.9 Å². The van der Waals surface area contributed by atoms with Gasteiger partial charge in [0.15, 0.2) is 0 Å². The largest absolute Gasteiger partial charge is 0.468 e. The summed E-state index contributed by atoms with van der Waals surface area (Å²) in [6.45, 7) is 4.76. The molecule has 0 saturated carbocycles. The fourth-order valence-electron chi connectivity index (χ4n) is 2.62. The van der Waals surface area contributed by atoms with Crippen molar-refractivity contribution in [3.63, 3.8) is 0 Å². The van der Waals surface area contributed by atoms with Gasteiger partial charge in [-0.25, -0.2) is 0 Å². The zero-order valence-electron chi connectivity index (χ0n) is 13.3.